The Balaban J connectivity index is 1.50. The minimum Gasteiger partial charge on any atom is -0.336 e. The maximum absolute atomic E-state index is 13.2. The van der Waals surface area contributed by atoms with Crippen LogP contribution in [0.4, 0.5) is 4.39 Å². The molecule has 2 aromatic rings. The smallest absolute Gasteiger partial charge is 0.274 e. The SMILES string of the molecule is CC(C)(C)n1nc(C(=O)N2CCCN(S(=O)(=O)c3ccc(F)cc3)CC2)cc1C1CC1. The van der Waals surface area contributed by atoms with Crippen LogP contribution in [0.1, 0.15) is 62.1 Å². The van der Waals surface area contributed by atoms with E-state index in [1.165, 1.54) is 16.4 Å². The Labute approximate surface area is 182 Å². The Morgan fingerprint density at radius 1 is 1.06 bits per heavy atom. The number of carbonyl (C=O) groups excluding carboxylic acids is 1. The van der Waals surface area contributed by atoms with E-state index in [-0.39, 0.29) is 22.9 Å². The minimum absolute atomic E-state index is 0.0617. The van der Waals surface area contributed by atoms with Crippen molar-refractivity contribution in [1.29, 1.82) is 0 Å². The van der Waals surface area contributed by atoms with Gasteiger partial charge in [0.15, 0.2) is 5.69 Å². The highest BCUT2D eigenvalue weighted by Gasteiger charge is 2.34. The number of aromatic nitrogens is 2. The molecular weight excluding hydrogens is 419 g/mol. The third kappa shape index (κ3) is 4.52. The number of amides is 1. The summed E-state index contributed by atoms with van der Waals surface area (Å²) >= 11 is 0. The third-order valence-electron chi connectivity index (χ3n) is 5.78. The summed E-state index contributed by atoms with van der Waals surface area (Å²) in [6, 6.07) is 6.74. The van der Waals surface area contributed by atoms with Gasteiger partial charge in [0.2, 0.25) is 10.0 Å². The summed E-state index contributed by atoms with van der Waals surface area (Å²) in [4.78, 5) is 14.9. The lowest BCUT2D eigenvalue weighted by molar-refractivity contribution is 0.0756. The van der Waals surface area contributed by atoms with Crippen LogP contribution < -0.4 is 0 Å². The normalized spacial score (nSPS) is 18.8. The van der Waals surface area contributed by atoms with Gasteiger partial charge < -0.3 is 4.90 Å². The Bertz CT molecular complexity index is 1070. The molecule has 0 unspecified atom stereocenters. The van der Waals surface area contributed by atoms with E-state index >= 15 is 0 Å². The van der Waals surface area contributed by atoms with Crippen LogP contribution in [0.2, 0.25) is 0 Å². The van der Waals surface area contributed by atoms with Gasteiger partial charge in [0.05, 0.1) is 10.4 Å². The molecule has 1 saturated heterocycles. The van der Waals surface area contributed by atoms with Crippen molar-refractivity contribution < 1.29 is 17.6 Å². The first-order chi connectivity index (χ1) is 14.6. The van der Waals surface area contributed by atoms with Crippen molar-refractivity contribution in [2.75, 3.05) is 26.2 Å². The summed E-state index contributed by atoms with van der Waals surface area (Å²) < 4.78 is 42.4. The molecule has 2 aliphatic rings. The zero-order chi connectivity index (χ0) is 22.4. The number of halogens is 1. The summed E-state index contributed by atoms with van der Waals surface area (Å²) in [6.45, 7) is 7.49. The fourth-order valence-electron chi connectivity index (χ4n) is 3.96. The predicted octanol–water partition coefficient (Wildman–Crippen LogP) is 3.19. The van der Waals surface area contributed by atoms with E-state index in [0.29, 0.717) is 37.7 Å². The molecule has 1 aromatic heterocycles. The number of hydrogen-bond donors (Lipinski definition) is 0. The van der Waals surface area contributed by atoms with Crippen molar-refractivity contribution >= 4 is 15.9 Å². The van der Waals surface area contributed by atoms with E-state index in [0.717, 1.165) is 30.7 Å². The van der Waals surface area contributed by atoms with Gasteiger partial charge in [-0.1, -0.05) is 0 Å². The molecule has 4 rings (SSSR count). The number of nitrogens with zero attached hydrogens (tertiary/aromatic N) is 4. The second-order valence-corrected chi connectivity index (χ2v) is 11.3. The van der Waals surface area contributed by atoms with E-state index in [2.05, 4.69) is 25.9 Å². The molecule has 1 aliphatic heterocycles. The van der Waals surface area contributed by atoms with Crippen LogP contribution in [-0.2, 0) is 15.6 Å². The number of carbonyl (C=O) groups is 1. The summed E-state index contributed by atoms with van der Waals surface area (Å²) in [5.74, 6) is -0.175. The van der Waals surface area contributed by atoms with Gasteiger partial charge >= 0.3 is 0 Å². The van der Waals surface area contributed by atoms with Crippen LogP contribution in [0, 0.1) is 5.82 Å². The maximum Gasteiger partial charge on any atom is 0.274 e. The van der Waals surface area contributed by atoms with Gasteiger partial charge in [-0.2, -0.15) is 9.40 Å². The largest absolute Gasteiger partial charge is 0.336 e. The van der Waals surface area contributed by atoms with Crippen LogP contribution >= 0.6 is 0 Å². The van der Waals surface area contributed by atoms with Gasteiger partial charge in [-0.3, -0.25) is 9.48 Å². The standard InChI is InChI=1S/C22H29FN4O3S/c1-22(2,3)27-20(16-5-6-16)15-19(24-27)21(28)25-11-4-12-26(14-13-25)31(29,30)18-9-7-17(23)8-10-18/h7-10,15-16H,4-6,11-14H2,1-3H3. The van der Waals surface area contributed by atoms with Gasteiger partial charge in [0, 0.05) is 37.8 Å². The van der Waals surface area contributed by atoms with Crippen LogP contribution in [0.3, 0.4) is 0 Å². The number of hydrogen-bond acceptors (Lipinski definition) is 4. The van der Waals surface area contributed by atoms with Gasteiger partial charge in [0.1, 0.15) is 5.82 Å². The van der Waals surface area contributed by atoms with Crippen LogP contribution in [0.5, 0.6) is 0 Å². The quantitative estimate of drug-likeness (QED) is 0.720. The summed E-state index contributed by atoms with van der Waals surface area (Å²) in [7, 11) is -3.73. The van der Waals surface area contributed by atoms with E-state index in [9.17, 15) is 17.6 Å². The second kappa shape index (κ2) is 8.02. The molecule has 7 nitrogen and oxygen atoms in total. The highest BCUT2D eigenvalue weighted by Crippen LogP contribution is 2.41. The molecule has 1 amide bonds. The third-order valence-corrected chi connectivity index (χ3v) is 7.69. The lowest BCUT2D eigenvalue weighted by Gasteiger charge is -2.23. The van der Waals surface area contributed by atoms with Crippen molar-refractivity contribution in [1.82, 2.24) is 19.0 Å². The number of rotatable bonds is 4. The van der Waals surface area contributed by atoms with Crippen molar-refractivity contribution in [2.24, 2.45) is 0 Å². The summed E-state index contributed by atoms with van der Waals surface area (Å²) in [6.07, 6.45) is 2.77. The van der Waals surface area contributed by atoms with Crippen molar-refractivity contribution in [3.63, 3.8) is 0 Å². The van der Waals surface area contributed by atoms with Gasteiger partial charge in [-0.25, -0.2) is 12.8 Å². The topological polar surface area (TPSA) is 75.5 Å². The minimum atomic E-state index is -3.73. The summed E-state index contributed by atoms with van der Waals surface area (Å²) in [5, 5.41) is 4.63. The zero-order valence-corrected chi connectivity index (χ0v) is 19.0. The van der Waals surface area contributed by atoms with E-state index in [1.807, 2.05) is 10.7 Å². The lowest BCUT2D eigenvalue weighted by atomic mass is 10.1. The van der Waals surface area contributed by atoms with Crippen molar-refractivity contribution in [2.45, 2.75) is 56.4 Å². The number of benzene rings is 1. The van der Waals surface area contributed by atoms with Gasteiger partial charge in [0.25, 0.3) is 5.91 Å². The highest BCUT2D eigenvalue weighted by atomic mass is 32.2. The molecular formula is C22H29FN4O3S. The molecule has 0 radical (unpaired) electrons. The van der Waals surface area contributed by atoms with Crippen LogP contribution in [0.25, 0.3) is 0 Å². The van der Waals surface area contributed by atoms with E-state index < -0.39 is 15.8 Å². The number of sulfonamides is 1. The lowest BCUT2D eigenvalue weighted by Crippen LogP contribution is -2.37. The Hall–Kier alpha value is -2.26. The molecule has 1 saturated carbocycles. The van der Waals surface area contributed by atoms with Gasteiger partial charge in [-0.05, 0) is 70.4 Å². The monoisotopic (exact) mass is 448 g/mol. The average Bonchev–Trinajstić information content (AvgIpc) is 3.49. The van der Waals surface area contributed by atoms with Crippen molar-refractivity contribution in [3.05, 3.63) is 47.5 Å². The molecule has 1 aromatic carbocycles. The highest BCUT2D eigenvalue weighted by molar-refractivity contribution is 7.89. The fourth-order valence-corrected chi connectivity index (χ4v) is 5.43. The molecule has 0 bridgehead atoms. The second-order valence-electron chi connectivity index (χ2n) is 9.32. The molecule has 31 heavy (non-hydrogen) atoms. The summed E-state index contributed by atoms with van der Waals surface area (Å²) in [5.41, 5.74) is 1.31. The van der Waals surface area contributed by atoms with E-state index in [1.54, 1.807) is 4.90 Å². The zero-order valence-electron chi connectivity index (χ0n) is 18.2. The first kappa shape index (κ1) is 22.0. The molecule has 1 aliphatic carbocycles. The van der Waals surface area contributed by atoms with Gasteiger partial charge in [-0.15, -0.1) is 0 Å². The molecule has 0 atom stereocenters. The maximum atomic E-state index is 13.2. The van der Waals surface area contributed by atoms with Crippen LogP contribution in [-0.4, -0.2) is 59.5 Å². The molecule has 168 valence electrons. The molecule has 0 N–H and O–H groups in total. The molecule has 0 spiro atoms. The Morgan fingerprint density at radius 2 is 1.74 bits per heavy atom. The first-order valence-corrected chi connectivity index (χ1v) is 12.2. The Kier molecular flexibility index (Phi) is 5.68. The molecule has 9 heteroatoms. The van der Waals surface area contributed by atoms with Crippen LogP contribution in [0.15, 0.2) is 35.2 Å². The fraction of sp³-hybridized carbons (Fsp3) is 0.545. The average molecular weight is 449 g/mol. The van der Waals surface area contributed by atoms with E-state index in [4.69, 9.17) is 0 Å². The molecule has 2 heterocycles. The Morgan fingerprint density at radius 3 is 2.35 bits per heavy atom. The predicted molar refractivity (Wildman–Crippen MR) is 115 cm³/mol. The van der Waals surface area contributed by atoms with Crippen molar-refractivity contribution in [3.8, 4) is 0 Å². The molecule has 2 fully saturated rings. The first-order valence-electron chi connectivity index (χ1n) is 10.7.